The summed E-state index contributed by atoms with van der Waals surface area (Å²) < 4.78 is 5.32. The Hall–Kier alpha value is -1.09. The quantitative estimate of drug-likeness (QED) is 0.674. The van der Waals surface area contributed by atoms with Crippen LogP contribution in [0.1, 0.15) is 11.4 Å². The molecule has 0 aromatic carbocycles. The van der Waals surface area contributed by atoms with E-state index in [1.165, 1.54) is 5.69 Å². The number of nitrogens with zero attached hydrogens (tertiary/aromatic N) is 2. The van der Waals surface area contributed by atoms with Gasteiger partial charge in [-0.05, 0) is 26.0 Å². The lowest BCUT2D eigenvalue weighted by molar-refractivity contribution is 0.122. The van der Waals surface area contributed by atoms with E-state index >= 15 is 0 Å². The maximum Gasteiger partial charge on any atom is 0.0642 e. The number of aromatic nitrogens is 1. The fraction of sp³-hybridized carbons (Fsp3) is 0.545. The van der Waals surface area contributed by atoms with Gasteiger partial charge in [0.1, 0.15) is 0 Å². The third-order valence-corrected chi connectivity index (χ3v) is 2.44. The summed E-state index contributed by atoms with van der Waals surface area (Å²) in [7, 11) is 0. The van der Waals surface area contributed by atoms with Crippen LogP contribution >= 0.6 is 0 Å². The number of rotatable bonds is 1. The minimum Gasteiger partial charge on any atom is -0.378 e. The third-order valence-electron chi connectivity index (χ3n) is 2.44. The van der Waals surface area contributed by atoms with Gasteiger partial charge in [0, 0.05) is 30.2 Å². The highest BCUT2D eigenvalue weighted by Crippen LogP contribution is 2.17. The summed E-state index contributed by atoms with van der Waals surface area (Å²) in [5.41, 5.74) is 3.45. The fourth-order valence-corrected chi connectivity index (χ4v) is 1.82. The molecule has 1 aliphatic heterocycles. The lowest BCUT2D eigenvalue weighted by Crippen LogP contribution is -2.36. The van der Waals surface area contributed by atoms with Crippen LogP contribution in [-0.4, -0.2) is 31.3 Å². The molecule has 2 heterocycles. The zero-order chi connectivity index (χ0) is 9.97. The monoisotopic (exact) mass is 192 g/mol. The predicted octanol–water partition coefficient (Wildman–Crippen LogP) is 1.54. The Morgan fingerprint density at radius 2 is 1.71 bits per heavy atom. The standard InChI is InChI=1S/C11H16N2O/c1-9-7-11(8-10(2)12-9)13-3-5-14-6-4-13/h7-8H,3-6H2,1-2H3. The van der Waals surface area contributed by atoms with Crippen LogP contribution in [0.2, 0.25) is 0 Å². The smallest absolute Gasteiger partial charge is 0.0642 e. The van der Waals surface area contributed by atoms with E-state index in [1.807, 2.05) is 13.8 Å². The van der Waals surface area contributed by atoms with Gasteiger partial charge in [0.2, 0.25) is 0 Å². The molecule has 0 saturated carbocycles. The lowest BCUT2D eigenvalue weighted by atomic mass is 10.2. The van der Waals surface area contributed by atoms with Crippen molar-refractivity contribution in [2.45, 2.75) is 13.8 Å². The van der Waals surface area contributed by atoms with Gasteiger partial charge in [0.25, 0.3) is 0 Å². The minimum atomic E-state index is 0.834. The molecule has 1 aromatic heterocycles. The van der Waals surface area contributed by atoms with Crippen molar-refractivity contribution in [1.82, 2.24) is 4.98 Å². The molecule has 0 aliphatic carbocycles. The largest absolute Gasteiger partial charge is 0.378 e. The lowest BCUT2D eigenvalue weighted by Gasteiger charge is -2.29. The Bertz CT molecular complexity index is 299. The first-order chi connectivity index (χ1) is 6.75. The molecule has 0 N–H and O–H groups in total. The Kier molecular flexibility index (Phi) is 2.68. The average molecular weight is 192 g/mol. The summed E-state index contributed by atoms with van der Waals surface area (Å²) in [6, 6.07) is 4.27. The highest BCUT2D eigenvalue weighted by Gasteiger charge is 2.11. The van der Waals surface area contributed by atoms with E-state index < -0.39 is 0 Å². The molecule has 0 unspecified atom stereocenters. The second-order valence-electron chi connectivity index (χ2n) is 3.71. The summed E-state index contributed by atoms with van der Waals surface area (Å²) in [5, 5.41) is 0. The molecule has 1 fully saturated rings. The van der Waals surface area contributed by atoms with Gasteiger partial charge in [-0.15, -0.1) is 0 Å². The van der Waals surface area contributed by atoms with Crippen molar-refractivity contribution in [3.05, 3.63) is 23.5 Å². The van der Waals surface area contributed by atoms with E-state index in [4.69, 9.17) is 4.74 Å². The molecule has 14 heavy (non-hydrogen) atoms. The molecule has 2 rings (SSSR count). The fourth-order valence-electron chi connectivity index (χ4n) is 1.82. The zero-order valence-electron chi connectivity index (χ0n) is 8.79. The molecule has 0 bridgehead atoms. The van der Waals surface area contributed by atoms with Gasteiger partial charge in [0.05, 0.1) is 13.2 Å². The molecule has 1 aromatic rings. The van der Waals surface area contributed by atoms with Crippen molar-refractivity contribution in [3.8, 4) is 0 Å². The maximum atomic E-state index is 5.32. The van der Waals surface area contributed by atoms with Crippen LogP contribution in [0.5, 0.6) is 0 Å². The normalized spacial score (nSPS) is 17.1. The first-order valence-electron chi connectivity index (χ1n) is 5.04. The minimum absolute atomic E-state index is 0.834. The summed E-state index contributed by atoms with van der Waals surface area (Å²) >= 11 is 0. The summed E-state index contributed by atoms with van der Waals surface area (Å²) in [6.07, 6.45) is 0. The molecule has 0 spiro atoms. The first kappa shape index (κ1) is 9.46. The van der Waals surface area contributed by atoms with E-state index in [0.29, 0.717) is 0 Å². The van der Waals surface area contributed by atoms with Gasteiger partial charge in [-0.3, -0.25) is 4.98 Å². The molecular formula is C11H16N2O. The summed E-state index contributed by atoms with van der Waals surface area (Å²) in [6.45, 7) is 7.72. The molecular weight excluding hydrogens is 176 g/mol. The number of morpholine rings is 1. The Morgan fingerprint density at radius 1 is 1.14 bits per heavy atom. The highest BCUT2D eigenvalue weighted by molar-refractivity contribution is 5.48. The second kappa shape index (κ2) is 3.96. The number of anilines is 1. The number of hydrogen-bond acceptors (Lipinski definition) is 3. The Labute approximate surface area is 84.7 Å². The van der Waals surface area contributed by atoms with E-state index in [1.54, 1.807) is 0 Å². The van der Waals surface area contributed by atoms with Crippen LogP contribution in [0, 0.1) is 13.8 Å². The van der Waals surface area contributed by atoms with Crippen LogP contribution < -0.4 is 4.90 Å². The van der Waals surface area contributed by atoms with E-state index in [9.17, 15) is 0 Å². The number of ether oxygens (including phenoxy) is 1. The number of hydrogen-bond donors (Lipinski definition) is 0. The average Bonchev–Trinajstić information content (AvgIpc) is 2.18. The molecule has 1 aliphatic rings. The van der Waals surface area contributed by atoms with Crippen molar-refractivity contribution in [3.63, 3.8) is 0 Å². The first-order valence-corrected chi connectivity index (χ1v) is 5.04. The van der Waals surface area contributed by atoms with Gasteiger partial charge in [-0.2, -0.15) is 0 Å². The van der Waals surface area contributed by atoms with Gasteiger partial charge in [-0.1, -0.05) is 0 Å². The Balaban J connectivity index is 2.21. The van der Waals surface area contributed by atoms with Crippen molar-refractivity contribution >= 4 is 5.69 Å². The number of pyridine rings is 1. The molecule has 0 atom stereocenters. The van der Waals surface area contributed by atoms with Gasteiger partial charge < -0.3 is 9.64 Å². The molecule has 0 radical (unpaired) electrons. The SMILES string of the molecule is Cc1cc(N2CCOCC2)cc(C)n1. The summed E-state index contributed by atoms with van der Waals surface area (Å²) in [5.74, 6) is 0. The van der Waals surface area contributed by atoms with Crippen LogP contribution in [0.4, 0.5) is 5.69 Å². The van der Waals surface area contributed by atoms with Gasteiger partial charge in [-0.25, -0.2) is 0 Å². The Morgan fingerprint density at radius 3 is 2.29 bits per heavy atom. The molecule has 3 nitrogen and oxygen atoms in total. The van der Waals surface area contributed by atoms with Crippen molar-refractivity contribution in [2.75, 3.05) is 31.2 Å². The second-order valence-corrected chi connectivity index (χ2v) is 3.71. The van der Waals surface area contributed by atoms with Crippen molar-refractivity contribution in [2.24, 2.45) is 0 Å². The molecule has 3 heteroatoms. The zero-order valence-corrected chi connectivity index (χ0v) is 8.79. The van der Waals surface area contributed by atoms with Crippen LogP contribution in [0.3, 0.4) is 0 Å². The maximum absolute atomic E-state index is 5.32. The van der Waals surface area contributed by atoms with Gasteiger partial charge >= 0.3 is 0 Å². The molecule has 1 saturated heterocycles. The molecule has 76 valence electrons. The molecule has 0 amide bonds. The van der Waals surface area contributed by atoms with Crippen molar-refractivity contribution in [1.29, 1.82) is 0 Å². The van der Waals surface area contributed by atoms with Crippen molar-refractivity contribution < 1.29 is 4.74 Å². The van der Waals surface area contributed by atoms with Crippen LogP contribution in [-0.2, 0) is 4.74 Å². The number of aryl methyl sites for hydroxylation is 2. The highest BCUT2D eigenvalue weighted by atomic mass is 16.5. The van der Waals surface area contributed by atoms with E-state index in [2.05, 4.69) is 22.0 Å². The van der Waals surface area contributed by atoms with Crippen LogP contribution in [0.25, 0.3) is 0 Å². The predicted molar refractivity (Wildman–Crippen MR) is 56.7 cm³/mol. The van der Waals surface area contributed by atoms with E-state index in [-0.39, 0.29) is 0 Å². The summed E-state index contributed by atoms with van der Waals surface area (Å²) in [4.78, 5) is 6.72. The van der Waals surface area contributed by atoms with Gasteiger partial charge in [0.15, 0.2) is 0 Å². The third kappa shape index (κ3) is 2.04. The van der Waals surface area contributed by atoms with E-state index in [0.717, 1.165) is 37.7 Å². The van der Waals surface area contributed by atoms with Crippen LogP contribution in [0.15, 0.2) is 12.1 Å². The topological polar surface area (TPSA) is 25.4 Å².